The quantitative estimate of drug-likeness (QED) is 0.800. The number of Topliss-reactive ketones (excluding diaryl/α,β-unsaturated/α-hetero) is 1. The summed E-state index contributed by atoms with van der Waals surface area (Å²) >= 11 is 0. The summed E-state index contributed by atoms with van der Waals surface area (Å²) in [5, 5.41) is 0. The van der Waals surface area contributed by atoms with E-state index < -0.39 is 6.04 Å². The van der Waals surface area contributed by atoms with E-state index in [4.69, 9.17) is 10.5 Å². The van der Waals surface area contributed by atoms with Gasteiger partial charge in [0.1, 0.15) is 24.2 Å². The molecule has 2 rings (SSSR count). The molecule has 1 atom stereocenters. The van der Waals surface area contributed by atoms with E-state index in [0.29, 0.717) is 11.4 Å². The number of benzene rings is 1. The summed E-state index contributed by atoms with van der Waals surface area (Å²) < 4.78 is 5.44. The third kappa shape index (κ3) is 2.29. The summed E-state index contributed by atoms with van der Waals surface area (Å²) in [5.74, 6) is 0.197. The lowest BCUT2D eigenvalue weighted by atomic mass is 10.2. The van der Waals surface area contributed by atoms with Gasteiger partial charge >= 0.3 is 0 Å². The molecule has 0 saturated carbocycles. The molecule has 0 radical (unpaired) electrons. The highest BCUT2D eigenvalue weighted by Gasteiger charge is 2.29. The van der Waals surface area contributed by atoms with Crippen LogP contribution in [-0.4, -0.2) is 30.9 Å². The maximum atomic E-state index is 12.0. The average Bonchev–Trinajstić information content (AvgIpc) is 2.42. The zero-order chi connectivity index (χ0) is 12.4. The Kier molecular flexibility index (Phi) is 3.10. The van der Waals surface area contributed by atoms with Crippen molar-refractivity contribution in [2.45, 2.75) is 13.0 Å². The molecule has 0 fully saturated rings. The van der Waals surface area contributed by atoms with E-state index >= 15 is 0 Å². The van der Waals surface area contributed by atoms with Crippen molar-refractivity contribution in [2.24, 2.45) is 5.73 Å². The Morgan fingerprint density at radius 2 is 2.24 bits per heavy atom. The van der Waals surface area contributed by atoms with E-state index in [0.717, 1.165) is 0 Å². The molecular weight excluding hydrogens is 220 g/mol. The summed E-state index contributed by atoms with van der Waals surface area (Å²) in [6, 6.07) is 6.37. The first-order valence-electron chi connectivity index (χ1n) is 5.38. The minimum atomic E-state index is -0.734. The van der Waals surface area contributed by atoms with Crippen LogP contribution in [0.1, 0.15) is 6.92 Å². The number of carbonyl (C=O) groups is 2. The van der Waals surface area contributed by atoms with Crippen molar-refractivity contribution >= 4 is 17.4 Å². The zero-order valence-corrected chi connectivity index (χ0v) is 9.55. The second kappa shape index (κ2) is 4.55. The number of anilines is 1. The lowest BCUT2D eigenvalue weighted by Crippen LogP contribution is -2.46. The van der Waals surface area contributed by atoms with Crippen molar-refractivity contribution in [1.82, 2.24) is 0 Å². The molecule has 0 spiro atoms. The molecule has 1 heterocycles. The van der Waals surface area contributed by atoms with E-state index in [1.165, 1.54) is 11.8 Å². The highest BCUT2D eigenvalue weighted by atomic mass is 16.5. The highest BCUT2D eigenvalue weighted by molar-refractivity contribution is 6.03. The van der Waals surface area contributed by atoms with Crippen LogP contribution in [0.15, 0.2) is 24.3 Å². The smallest absolute Gasteiger partial charge is 0.247 e. The monoisotopic (exact) mass is 234 g/mol. The second-order valence-corrected chi connectivity index (χ2v) is 4.01. The molecule has 5 heteroatoms. The van der Waals surface area contributed by atoms with Gasteiger partial charge in [0.2, 0.25) is 5.91 Å². The van der Waals surface area contributed by atoms with Crippen molar-refractivity contribution in [1.29, 1.82) is 0 Å². The van der Waals surface area contributed by atoms with Crippen LogP contribution in [-0.2, 0) is 9.59 Å². The van der Waals surface area contributed by atoms with Crippen LogP contribution >= 0.6 is 0 Å². The van der Waals surface area contributed by atoms with Crippen LogP contribution in [0.3, 0.4) is 0 Å². The number of nitrogens with two attached hydrogens (primary N) is 1. The Labute approximate surface area is 99.2 Å². The molecule has 1 aromatic carbocycles. The van der Waals surface area contributed by atoms with Crippen molar-refractivity contribution in [2.75, 3.05) is 18.1 Å². The Morgan fingerprint density at radius 3 is 2.94 bits per heavy atom. The average molecular weight is 234 g/mol. The molecule has 0 aromatic heterocycles. The van der Waals surface area contributed by atoms with Gasteiger partial charge in [-0.05, 0) is 19.1 Å². The highest BCUT2D eigenvalue weighted by Crippen LogP contribution is 2.30. The van der Waals surface area contributed by atoms with E-state index in [1.54, 1.807) is 18.2 Å². The summed E-state index contributed by atoms with van der Waals surface area (Å²) in [6.07, 6.45) is 0. The lowest BCUT2D eigenvalue weighted by molar-refractivity contribution is -0.122. The summed E-state index contributed by atoms with van der Waals surface area (Å²) in [4.78, 5) is 24.6. The second-order valence-electron chi connectivity index (χ2n) is 4.01. The molecule has 1 aliphatic heterocycles. The zero-order valence-electron chi connectivity index (χ0n) is 9.55. The maximum Gasteiger partial charge on any atom is 0.247 e. The molecule has 0 bridgehead atoms. The molecule has 2 N–H and O–H groups in total. The Hall–Kier alpha value is -1.88. The molecule has 0 unspecified atom stereocenters. The van der Waals surface area contributed by atoms with Crippen LogP contribution in [0.4, 0.5) is 5.69 Å². The number of amides is 1. The number of hydrogen-bond acceptors (Lipinski definition) is 4. The Morgan fingerprint density at radius 1 is 1.53 bits per heavy atom. The number of nitrogens with zero attached hydrogens (tertiary/aromatic N) is 1. The molecule has 5 nitrogen and oxygen atoms in total. The van der Waals surface area contributed by atoms with Gasteiger partial charge in [-0.1, -0.05) is 12.1 Å². The molecule has 1 aliphatic rings. The number of fused-ring (bicyclic) bond motifs is 1. The van der Waals surface area contributed by atoms with Gasteiger partial charge < -0.3 is 15.4 Å². The van der Waals surface area contributed by atoms with E-state index in [-0.39, 0.29) is 24.8 Å². The summed E-state index contributed by atoms with van der Waals surface area (Å²) in [7, 11) is 0. The summed E-state index contributed by atoms with van der Waals surface area (Å²) in [5.41, 5.74) is 6.29. The molecule has 90 valence electrons. The molecule has 1 aromatic rings. The van der Waals surface area contributed by atoms with Crippen molar-refractivity contribution in [3.63, 3.8) is 0 Å². The minimum absolute atomic E-state index is 0.0207. The number of para-hydroxylation sites is 2. The van der Waals surface area contributed by atoms with Gasteiger partial charge in [0, 0.05) is 0 Å². The molecule has 0 saturated heterocycles. The fraction of sp³-hybridized carbons (Fsp3) is 0.333. The third-order valence-electron chi connectivity index (χ3n) is 2.54. The van der Waals surface area contributed by atoms with E-state index in [9.17, 15) is 9.59 Å². The minimum Gasteiger partial charge on any atom is -0.489 e. The van der Waals surface area contributed by atoms with Crippen molar-refractivity contribution in [3.8, 4) is 5.75 Å². The van der Waals surface area contributed by atoms with Crippen LogP contribution in [0.5, 0.6) is 5.75 Å². The van der Waals surface area contributed by atoms with Crippen molar-refractivity contribution in [3.05, 3.63) is 24.3 Å². The van der Waals surface area contributed by atoms with Gasteiger partial charge in [0.05, 0.1) is 12.2 Å². The van der Waals surface area contributed by atoms with Crippen LogP contribution < -0.4 is 15.4 Å². The van der Waals surface area contributed by atoms with Crippen LogP contribution in [0.2, 0.25) is 0 Å². The number of ether oxygens (including phenoxy) is 1. The number of hydrogen-bond donors (Lipinski definition) is 1. The standard InChI is InChI=1S/C12H14N2O3/c1-8(15)6-14-10-4-2-3-5-11(10)17-7-9(13)12(14)16/h2-5,9H,6-7,13H2,1H3/t9-/m1/s1. The third-order valence-corrected chi connectivity index (χ3v) is 2.54. The lowest BCUT2D eigenvalue weighted by Gasteiger charge is -2.21. The molecule has 17 heavy (non-hydrogen) atoms. The van der Waals surface area contributed by atoms with Gasteiger partial charge in [-0.3, -0.25) is 9.59 Å². The number of ketones is 1. The first-order valence-corrected chi connectivity index (χ1v) is 5.38. The maximum absolute atomic E-state index is 12.0. The van der Waals surface area contributed by atoms with Crippen molar-refractivity contribution < 1.29 is 14.3 Å². The normalized spacial score (nSPS) is 19.3. The van der Waals surface area contributed by atoms with Gasteiger partial charge in [0.25, 0.3) is 0 Å². The SMILES string of the molecule is CC(=O)CN1C(=O)[C@H](N)COc2ccccc21. The Balaban J connectivity index is 2.43. The summed E-state index contributed by atoms with van der Waals surface area (Å²) in [6.45, 7) is 1.59. The first kappa shape index (κ1) is 11.6. The topological polar surface area (TPSA) is 72.6 Å². The largest absolute Gasteiger partial charge is 0.489 e. The van der Waals surface area contributed by atoms with Gasteiger partial charge in [-0.15, -0.1) is 0 Å². The predicted molar refractivity (Wildman–Crippen MR) is 62.9 cm³/mol. The number of rotatable bonds is 2. The Bertz CT molecular complexity index is 459. The predicted octanol–water partition coefficient (Wildman–Crippen LogP) is 0.328. The molecule has 0 aliphatic carbocycles. The van der Waals surface area contributed by atoms with Gasteiger partial charge in [0.15, 0.2) is 0 Å². The van der Waals surface area contributed by atoms with Crippen LogP contribution in [0.25, 0.3) is 0 Å². The first-order chi connectivity index (χ1) is 8.09. The van der Waals surface area contributed by atoms with Crippen LogP contribution in [0, 0.1) is 0 Å². The fourth-order valence-corrected chi connectivity index (χ4v) is 1.76. The number of carbonyl (C=O) groups excluding carboxylic acids is 2. The molecule has 1 amide bonds. The van der Waals surface area contributed by atoms with E-state index in [2.05, 4.69) is 0 Å². The van der Waals surface area contributed by atoms with E-state index in [1.807, 2.05) is 6.07 Å². The van der Waals surface area contributed by atoms with Gasteiger partial charge in [-0.25, -0.2) is 0 Å². The van der Waals surface area contributed by atoms with Gasteiger partial charge in [-0.2, -0.15) is 0 Å². The fourth-order valence-electron chi connectivity index (χ4n) is 1.76. The molecular formula is C12H14N2O3.